The van der Waals surface area contributed by atoms with Crippen LogP contribution in [0.3, 0.4) is 0 Å². The summed E-state index contributed by atoms with van der Waals surface area (Å²) in [6.07, 6.45) is 0. The predicted molar refractivity (Wildman–Crippen MR) is 90.3 cm³/mol. The number of hydrogen-bond donors (Lipinski definition) is 0. The van der Waals surface area contributed by atoms with Crippen LogP contribution >= 0.6 is 35.0 Å². The van der Waals surface area contributed by atoms with Gasteiger partial charge in [0.05, 0.1) is 15.8 Å². The minimum atomic E-state index is -0.335. The minimum Gasteiger partial charge on any atom is -0.295 e. The highest BCUT2D eigenvalue weighted by Gasteiger charge is 2.35. The summed E-state index contributed by atoms with van der Waals surface area (Å²) in [4.78, 5) is 13.8. The molecule has 0 aliphatic carbocycles. The quantitative estimate of drug-likeness (QED) is 0.735. The lowest BCUT2D eigenvalue weighted by molar-refractivity contribution is -0.115. The molecule has 1 unspecified atom stereocenters. The van der Waals surface area contributed by atoms with Crippen molar-refractivity contribution >= 4 is 46.6 Å². The summed E-state index contributed by atoms with van der Waals surface area (Å²) in [7, 11) is 0. The molecule has 0 saturated carbocycles. The zero-order chi connectivity index (χ0) is 15.9. The highest BCUT2D eigenvalue weighted by molar-refractivity contribution is 8.00. The molecule has 0 aromatic heterocycles. The molecule has 1 fully saturated rings. The maximum atomic E-state index is 13.8. The van der Waals surface area contributed by atoms with Gasteiger partial charge in [0.15, 0.2) is 0 Å². The molecule has 1 aliphatic rings. The molecule has 3 rings (SSSR count). The maximum absolute atomic E-state index is 13.8. The van der Waals surface area contributed by atoms with Crippen molar-refractivity contribution in [1.29, 1.82) is 0 Å². The van der Waals surface area contributed by atoms with Gasteiger partial charge in [-0.1, -0.05) is 41.4 Å². The lowest BCUT2D eigenvalue weighted by Gasteiger charge is -2.25. The normalized spacial score (nSPS) is 18.1. The van der Waals surface area contributed by atoms with Crippen LogP contribution in [0.15, 0.2) is 36.4 Å². The number of halogens is 3. The van der Waals surface area contributed by atoms with Crippen molar-refractivity contribution in [3.63, 3.8) is 0 Å². The lowest BCUT2D eigenvalue weighted by Crippen LogP contribution is -2.28. The fourth-order valence-electron chi connectivity index (χ4n) is 2.38. The van der Waals surface area contributed by atoms with E-state index in [1.54, 1.807) is 36.1 Å². The van der Waals surface area contributed by atoms with Gasteiger partial charge in [-0.3, -0.25) is 9.69 Å². The zero-order valence-corrected chi connectivity index (χ0v) is 14.0. The Morgan fingerprint density at radius 3 is 2.77 bits per heavy atom. The summed E-state index contributed by atoms with van der Waals surface area (Å²) in [5.74, 6) is -0.0874. The Labute approximate surface area is 142 Å². The number of anilines is 1. The summed E-state index contributed by atoms with van der Waals surface area (Å²) in [5, 5.41) is 0.559. The number of aryl methyl sites for hydroxylation is 1. The number of amides is 1. The molecule has 1 heterocycles. The number of carbonyl (C=O) groups is 1. The van der Waals surface area contributed by atoms with Gasteiger partial charge in [0.2, 0.25) is 5.91 Å². The number of thioether (sulfide) groups is 1. The molecule has 0 radical (unpaired) electrons. The third kappa shape index (κ3) is 2.71. The smallest absolute Gasteiger partial charge is 0.238 e. The van der Waals surface area contributed by atoms with Crippen LogP contribution < -0.4 is 4.90 Å². The minimum absolute atomic E-state index is 0.0747. The van der Waals surface area contributed by atoms with Crippen LogP contribution in [0.4, 0.5) is 10.1 Å². The van der Waals surface area contributed by atoms with Crippen molar-refractivity contribution in [2.75, 3.05) is 10.7 Å². The van der Waals surface area contributed by atoms with E-state index in [0.717, 1.165) is 5.56 Å². The van der Waals surface area contributed by atoms with Gasteiger partial charge < -0.3 is 0 Å². The molecule has 1 aliphatic heterocycles. The van der Waals surface area contributed by atoms with Crippen LogP contribution in [0.2, 0.25) is 10.0 Å². The van der Waals surface area contributed by atoms with E-state index in [0.29, 0.717) is 27.0 Å². The van der Waals surface area contributed by atoms with Gasteiger partial charge in [0.1, 0.15) is 11.2 Å². The van der Waals surface area contributed by atoms with Gasteiger partial charge in [-0.2, -0.15) is 0 Å². The summed E-state index contributed by atoms with van der Waals surface area (Å²) in [6, 6.07) is 10.1. The Hall–Kier alpha value is -1.23. The molecule has 2 aromatic rings. The second-order valence-electron chi connectivity index (χ2n) is 5.00. The second-order valence-corrected chi connectivity index (χ2v) is 6.86. The molecule has 1 amide bonds. The number of nitrogens with zero attached hydrogens (tertiary/aromatic N) is 1. The Morgan fingerprint density at radius 2 is 2.05 bits per heavy atom. The molecule has 114 valence electrons. The number of carbonyl (C=O) groups excluding carboxylic acids is 1. The molecule has 1 saturated heterocycles. The molecule has 2 nitrogen and oxygen atoms in total. The Morgan fingerprint density at radius 1 is 1.27 bits per heavy atom. The highest BCUT2D eigenvalue weighted by Crippen LogP contribution is 2.45. The summed E-state index contributed by atoms with van der Waals surface area (Å²) in [6.45, 7) is 1.69. The van der Waals surface area contributed by atoms with E-state index in [1.165, 1.54) is 17.8 Å². The summed E-state index contributed by atoms with van der Waals surface area (Å²) in [5.41, 5.74) is 1.82. The van der Waals surface area contributed by atoms with Crippen molar-refractivity contribution in [2.24, 2.45) is 0 Å². The molecule has 0 N–H and O–H groups in total. The average Bonchev–Trinajstić information content (AvgIpc) is 2.86. The molecular weight excluding hydrogens is 344 g/mol. The Balaban J connectivity index is 2.06. The molecule has 6 heteroatoms. The van der Waals surface area contributed by atoms with Crippen LogP contribution in [0.5, 0.6) is 0 Å². The third-order valence-corrected chi connectivity index (χ3v) is 5.58. The van der Waals surface area contributed by atoms with Gasteiger partial charge >= 0.3 is 0 Å². The topological polar surface area (TPSA) is 20.3 Å². The predicted octanol–water partition coefficient (Wildman–Crippen LogP) is 5.22. The van der Waals surface area contributed by atoms with E-state index in [1.807, 2.05) is 6.07 Å². The van der Waals surface area contributed by atoms with Gasteiger partial charge in [-0.05, 0) is 30.7 Å². The van der Waals surface area contributed by atoms with Crippen LogP contribution in [0.1, 0.15) is 16.5 Å². The zero-order valence-electron chi connectivity index (χ0n) is 11.6. The molecular formula is C16H12Cl2FNOS. The first kappa shape index (κ1) is 15.7. The monoisotopic (exact) mass is 355 g/mol. The number of rotatable bonds is 2. The average molecular weight is 356 g/mol. The standard InChI is InChI=1S/C16H12Cl2FNOS/c1-9-5-6-10(7-13(9)19)20-14(21)8-22-16(20)11-3-2-4-12(17)15(11)18/h2-7,16H,8H2,1H3. The summed E-state index contributed by atoms with van der Waals surface area (Å²) >= 11 is 13.8. The van der Waals surface area contributed by atoms with Gasteiger partial charge in [-0.25, -0.2) is 4.39 Å². The third-order valence-electron chi connectivity index (χ3n) is 3.55. The van der Waals surface area contributed by atoms with Gasteiger partial charge in [-0.15, -0.1) is 11.8 Å². The number of hydrogen-bond acceptors (Lipinski definition) is 2. The molecule has 22 heavy (non-hydrogen) atoms. The van der Waals surface area contributed by atoms with Crippen molar-refractivity contribution in [2.45, 2.75) is 12.3 Å². The van der Waals surface area contributed by atoms with Crippen LogP contribution in [0.25, 0.3) is 0 Å². The molecule has 0 spiro atoms. The molecule has 1 atom stereocenters. The van der Waals surface area contributed by atoms with Crippen molar-refractivity contribution in [1.82, 2.24) is 0 Å². The Bertz CT molecular complexity index is 753. The molecule has 2 aromatic carbocycles. The fourth-order valence-corrected chi connectivity index (χ4v) is 4.06. The van der Waals surface area contributed by atoms with Gasteiger partial charge in [0, 0.05) is 11.3 Å². The van der Waals surface area contributed by atoms with Crippen LogP contribution in [-0.4, -0.2) is 11.7 Å². The second kappa shape index (κ2) is 6.11. The van der Waals surface area contributed by atoms with Crippen molar-refractivity contribution in [3.8, 4) is 0 Å². The van der Waals surface area contributed by atoms with E-state index in [9.17, 15) is 9.18 Å². The maximum Gasteiger partial charge on any atom is 0.238 e. The number of benzene rings is 2. The van der Waals surface area contributed by atoms with E-state index in [2.05, 4.69) is 0 Å². The van der Waals surface area contributed by atoms with Crippen LogP contribution in [-0.2, 0) is 4.79 Å². The van der Waals surface area contributed by atoms with E-state index in [4.69, 9.17) is 23.2 Å². The molecule has 0 bridgehead atoms. The van der Waals surface area contributed by atoms with Crippen molar-refractivity contribution < 1.29 is 9.18 Å². The first-order chi connectivity index (χ1) is 10.5. The van der Waals surface area contributed by atoms with Crippen molar-refractivity contribution in [3.05, 3.63) is 63.4 Å². The van der Waals surface area contributed by atoms with Gasteiger partial charge in [0.25, 0.3) is 0 Å². The first-order valence-corrected chi connectivity index (χ1v) is 8.43. The summed E-state index contributed by atoms with van der Waals surface area (Å²) < 4.78 is 13.8. The van der Waals surface area contributed by atoms with E-state index >= 15 is 0 Å². The van der Waals surface area contributed by atoms with E-state index < -0.39 is 0 Å². The highest BCUT2D eigenvalue weighted by atomic mass is 35.5. The SMILES string of the molecule is Cc1ccc(N2C(=O)CSC2c2cccc(Cl)c2Cl)cc1F. The largest absolute Gasteiger partial charge is 0.295 e. The lowest BCUT2D eigenvalue weighted by atomic mass is 10.1. The van der Waals surface area contributed by atoms with E-state index in [-0.39, 0.29) is 17.1 Å². The van der Waals surface area contributed by atoms with Crippen LogP contribution in [0, 0.1) is 12.7 Å². The fraction of sp³-hybridized carbons (Fsp3) is 0.188. The first-order valence-electron chi connectivity index (χ1n) is 6.63. The Kier molecular flexibility index (Phi) is 4.35.